The largest absolute Gasteiger partial charge is 0.384 e. The molecule has 0 aromatic heterocycles. The summed E-state index contributed by atoms with van der Waals surface area (Å²) in [5, 5.41) is 6.37. The second-order valence-electron chi connectivity index (χ2n) is 7.31. The van der Waals surface area contributed by atoms with Crippen LogP contribution in [0.4, 0.5) is 5.69 Å². The van der Waals surface area contributed by atoms with Gasteiger partial charge < -0.3 is 20.3 Å². The number of nitrogens with zero attached hydrogens (tertiary/aromatic N) is 1. The fourth-order valence-corrected chi connectivity index (χ4v) is 3.86. The van der Waals surface area contributed by atoms with E-state index in [9.17, 15) is 9.59 Å². The van der Waals surface area contributed by atoms with Crippen LogP contribution < -0.4 is 15.5 Å². The SMILES string of the molecule is COCC1(C(=O)NCc2ccc(N3CCCCC3=O)cc2)CCNCC1.Cl. The predicted molar refractivity (Wildman–Crippen MR) is 108 cm³/mol. The summed E-state index contributed by atoms with van der Waals surface area (Å²) in [5.74, 6) is 0.265. The minimum absolute atomic E-state index is 0. The maximum Gasteiger partial charge on any atom is 0.228 e. The molecule has 1 aromatic rings. The van der Waals surface area contributed by atoms with Crippen molar-refractivity contribution in [3.05, 3.63) is 29.8 Å². The van der Waals surface area contributed by atoms with Crippen molar-refractivity contribution in [2.45, 2.75) is 38.6 Å². The van der Waals surface area contributed by atoms with Crippen molar-refractivity contribution < 1.29 is 14.3 Å². The molecule has 27 heavy (non-hydrogen) atoms. The Morgan fingerprint density at radius 2 is 1.93 bits per heavy atom. The van der Waals surface area contributed by atoms with E-state index >= 15 is 0 Å². The molecule has 1 aromatic carbocycles. The van der Waals surface area contributed by atoms with Crippen molar-refractivity contribution in [3.8, 4) is 0 Å². The zero-order chi connectivity index (χ0) is 18.4. The highest BCUT2D eigenvalue weighted by Crippen LogP contribution is 2.29. The molecular weight excluding hydrogens is 366 g/mol. The van der Waals surface area contributed by atoms with Gasteiger partial charge in [0.1, 0.15) is 0 Å². The molecule has 2 amide bonds. The van der Waals surface area contributed by atoms with Crippen LogP contribution in [0.5, 0.6) is 0 Å². The number of hydrogen-bond acceptors (Lipinski definition) is 4. The lowest BCUT2D eigenvalue weighted by molar-refractivity contribution is -0.136. The number of benzene rings is 1. The number of carbonyl (C=O) groups is 2. The number of methoxy groups -OCH3 is 1. The summed E-state index contributed by atoms with van der Waals surface area (Å²) in [4.78, 5) is 26.6. The fraction of sp³-hybridized carbons (Fsp3) is 0.600. The highest BCUT2D eigenvalue weighted by molar-refractivity contribution is 5.94. The molecule has 6 nitrogen and oxygen atoms in total. The van der Waals surface area contributed by atoms with E-state index in [0.29, 0.717) is 19.6 Å². The van der Waals surface area contributed by atoms with Gasteiger partial charge in [-0.3, -0.25) is 9.59 Å². The summed E-state index contributed by atoms with van der Waals surface area (Å²) in [7, 11) is 1.65. The summed E-state index contributed by atoms with van der Waals surface area (Å²) >= 11 is 0. The van der Waals surface area contributed by atoms with E-state index in [2.05, 4.69) is 10.6 Å². The molecule has 150 valence electrons. The first kappa shape index (κ1) is 21.7. The van der Waals surface area contributed by atoms with E-state index in [0.717, 1.165) is 56.6 Å². The van der Waals surface area contributed by atoms with Crippen molar-refractivity contribution in [1.29, 1.82) is 0 Å². The van der Waals surface area contributed by atoms with Gasteiger partial charge in [-0.25, -0.2) is 0 Å². The number of piperidine rings is 2. The van der Waals surface area contributed by atoms with Gasteiger partial charge in [0.2, 0.25) is 11.8 Å². The van der Waals surface area contributed by atoms with E-state index in [4.69, 9.17) is 4.74 Å². The smallest absolute Gasteiger partial charge is 0.228 e. The van der Waals surface area contributed by atoms with Gasteiger partial charge in [-0.1, -0.05) is 12.1 Å². The zero-order valence-corrected chi connectivity index (χ0v) is 16.8. The molecular formula is C20H30ClN3O3. The molecule has 2 N–H and O–H groups in total. The molecule has 7 heteroatoms. The Morgan fingerprint density at radius 1 is 1.22 bits per heavy atom. The standard InChI is InChI=1S/C20H29N3O3.ClH/c1-26-15-20(9-11-21-12-10-20)19(25)22-14-16-5-7-17(8-6-16)23-13-3-2-4-18(23)24;/h5-8,21H,2-4,9-15H2,1H3,(H,22,25);1H. The summed E-state index contributed by atoms with van der Waals surface area (Å²) < 4.78 is 5.32. The van der Waals surface area contributed by atoms with Crippen molar-refractivity contribution >= 4 is 29.9 Å². The number of rotatable bonds is 6. The van der Waals surface area contributed by atoms with Crippen LogP contribution in [0.1, 0.15) is 37.7 Å². The normalized spacial score (nSPS) is 19.3. The summed E-state index contributed by atoms with van der Waals surface area (Å²) in [6.45, 7) is 3.43. The quantitative estimate of drug-likeness (QED) is 0.775. The minimum Gasteiger partial charge on any atom is -0.384 e. The average Bonchev–Trinajstić information content (AvgIpc) is 2.68. The number of amides is 2. The second-order valence-corrected chi connectivity index (χ2v) is 7.31. The number of carbonyl (C=O) groups excluding carboxylic acids is 2. The van der Waals surface area contributed by atoms with E-state index in [1.165, 1.54) is 0 Å². The highest BCUT2D eigenvalue weighted by atomic mass is 35.5. The van der Waals surface area contributed by atoms with Crippen LogP contribution in [0.15, 0.2) is 24.3 Å². The van der Waals surface area contributed by atoms with Gasteiger partial charge in [-0.05, 0) is 56.5 Å². The van der Waals surface area contributed by atoms with Crippen LogP contribution >= 0.6 is 12.4 Å². The zero-order valence-electron chi connectivity index (χ0n) is 16.0. The van der Waals surface area contributed by atoms with Crippen LogP contribution in [0.3, 0.4) is 0 Å². The molecule has 0 radical (unpaired) electrons. The van der Waals surface area contributed by atoms with Gasteiger partial charge in [-0.15, -0.1) is 12.4 Å². The van der Waals surface area contributed by atoms with Crippen LogP contribution in [-0.2, 0) is 20.9 Å². The molecule has 2 fully saturated rings. The van der Waals surface area contributed by atoms with Crippen LogP contribution in [0.2, 0.25) is 0 Å². The Bertz CT molecular complexity index is 624. The van der Waals surface area contributed by atoms with E-state index < -0.39 is 5.41 Å². The summed E-state index contributed by atoms with van der Waals surface area (Å²) in [6, 6.07) is 7.92. The third kappa shape index (κ3) is 5.21. The Labute approximate surface area is 167 Å². The van der Waals surface area contributed by atoms with Gasteiger partial charge in [0.25, 0.3) is 0 Å². The molecule has 2 aliphatic heterocycles. The number of anilines is 1. The van der Waals surface area contributed by atoms with E-state index in [-0.39, 0.29) is 24.2 Å². The van der Waals surface area contributed by atoms with Crippen molar-refractivity contribution in [2.24, 2.45) is 5.41 Å². The molecule has 2 aliphatic rings. The Hall–Kier alpha value is -1.63. The first-order chi connectivity index (χ1) is 12.6. The van der Waals surface area contributed by atoms with Crippen molar-refractivity contribution in [3.63, 3.8) is 0 Å². The fourth-order valence-electron chi connectivity index (χ4n) is 3.86. The molecule has 0 atom stereocenters. The maximum absolute atomic E-state index is 12.8. The van der Waals surface area contributed by atoms with E-state index in [1.807, 2.05) is 29.2 Å². The molecule has 0 spiro atoms. The number of nitrogens with one attached hydrogen (secondary N) is 2. The third-order valence-electron chi connectivity index (χ3n) is 5.49. The number of hydrogen-bond donors (Lipinski definition) is 2. The third-order valence-corrected chi connectivity index (χ3v) is 5.49. The molecule has 0 saturated carbocycles. The number of ether oxygens (including phenoxy) is 1. The second kappa shape index (κ2) is 10.1. The first-order valence-electron chi connectivity index (χ1n) is 9.52. The Balaban J connectivity index is 0.00000261. The van der Waals surface area contributed by atoms with Gasteiger partial charge in [0.15, 0.2) is 0 Å². The van der Waals surface area contributed by atoms with Crippen LogP contribution in [0, 0.1) is 5.41 Å². The van der Waals surface area contributed by atoms with Crippen LogP contribution in [0.25, 0.3) is 0 Å². The van der Waals surface area contributed by atoms with Crippen molar-refractivity contribution in [2.75, 3.05) is 38.3 Å². The average molecular weight is 396 g/mol. The lowest BCUT2D eigenvalue weighted by Crippen LogP contribution is -2.49. The Kier molecular flexibility index (Phi) is 8.07. The molecule has 0 bridgehead atoms. The highest BCUT2D eigenvalue weighted by Gasteiger charge is 2.39. The molecule has 2 heterocycles. The minimum atomic E-state index is -0.430. The predicted octanol–water partition coefficient (Wildman–Crippen LogP) is 2.26. The monoisotopic (exact) mass is 395 g/mol. The number of halogens is 1. The van der Waals surface area contributed by atoms with E-state index in [1.54, 1.807) is 7.11 Å². The van der Waals surface area contributed by atoms with Gasteiger partial charge in [-0.2, -0.15) is 0 Å². The maximum atomic E-state index is 12.8. The van der Waals surface area contributed by atoms with Gasteiger partial charge >= 0.3 is 0 Å². The lowest BCUT2D eigenvalue weighted by Gasteiger charge is -2.35. The van der Waals surface area contributed by atoms with Gasteiger partial charge in [0, 0.05) is 32.3 Å². The van der Waals surface area contributed by atoms with Crippen LogP contribution in [-0.4, -0.2) is 45.2 Å². The van der Waals surface area contributed by atoms with Gasteiger partial charge in [0.05, 0.1) is 12.0 Å². The lowest BCUT2D eigenvalue weighted by atomic mass is 9.78. The first-order valence-corrected chi connectivity index (χ1v) is 9.52. The summed E-state index contributed by atoms with van der Waals surface area (Å²) in [6.07, 6.45) is 4.26. The molecule has 3 rings (SSSR count). The topological polar surface area (TPSA) is 70.7 Å². The molecule has 0 aliphatic carbocycles. The Morgan fingerprint density at radius 3 is 2.56 bits per heavy atom. The molecule has 2 saturated heterocycles. The summed E-state index contributed by atoms with van der Waals surface area (Å²) in [5.41, 5.74) is 1.55. The van der Waals surface area contributed by atoms with Crippen molar-refractivity contribution in [1.82, 2.24) is 10.6 Å². The molecule has 0 unspecified atom stereocenters.